The summed E-state index contributed by atoms with van der Waals surface area (Å²) in [5, 5.41) is 20.2. The summed E-state index contributed by atoms with van der Waals surface area (Å²) in [7, 11) is 0. The topological polar surface area (TPSA) is 93.0 Å². The van der Waals surface area contributed by atoms with Crippen molar-refractivity contribution >= 4 is 21.9 Å². The predicted octanol–water partition coefficient (Wildman–Crippen LogP) is 5.02. The van der Waals surface area contributed by atoms with E-state index in [1.807, 2.05) is 13.0 Å². The highest BCUT2D eigenvalue weighted by molar-refractivity contribution is 5.99. The van der Waals surface area contributed by atoms with Crippen LogP contribution >= 0.6 is 0 Å². The zero-order valence-electron chi connectivity index (χ0n) is 15.5. The van der Waals surface area contributed by atoms with Gasteiger partial charge in [-0.2, -0.15) is 0 Å². The standard InChI is InChI=1S/C21H22O6/c1-12(2)5-4-6-13(3)7-8-25-16-11-19(22)26-17-10-18-15(9-14(16)17)20(23)21(24)27-18/h5,7,9-11,23-24H,4,6,8H2,1-3H3. The van der Waals surface area contributed by atoms with Crippen molar-refractivity contribution in [1.82, 2.24) is 0 Å². The summed E-state index contributed by atoms with van der Waals surface area (Å²) in [6.45, 7) is 6.49. The van der Waals surface area contributed by atoms with Crippen molar-refractivity contribution in [1.29, 1.82) is 0 Å². The molecule has 0 saturated heterocycles. The monoisotopic (exact) mass is 370 g/mol. The van der Waals surface area contributed by atoms with Crippen molar-refractivity contribution in [3.05, 3.63) is 51.9 Å². The van der Waals surface area contributed by atoms with Gasteiger partial charge in [-0.1, -0.05) is 17.2 Å². The number of hydrogen-bond acceptors (Lipinski definition) is 6. The molecule has 0 radical (unpaired) electrons. The molecule has 3 rings (SSSR count). The van der Waals surface area contributed by atoms with Crippen LogP contribution in [0.3, 0.4) is 0 Å². The first-order valence-corrected chi connectivity index (χ1v) is 8.69. The summed E-state index contributed by atoms with van der Waals surface area (Å²) in [6.07, 6.45) is 6.07. The van der Waals surface area contributed by atoms with Crippen LogP contribution in [0.15, 0.2) is 55.1 Å². The molecule has 0 unspecified atom stereocenters. The van der Waals surface area contributed by atoms with Crippen LogP contribution in [0.1, 0.15) is 33.6 Å². The van der Waals surface area contributed by atoms with Gasteiger partial charge in [0.05, 0.1) is 16.8 Å². The third kappa shape index (κ3) is 4.16. The zero-order chi connectivity index (χ0) is 19.6. The van der Waals surface area contributed by atoms with Gasteiger partial charge < -0.3 is 23.8 Å². The average Bonchev–Trinajstić information content (AvgIpc) is 2.86. The fraction of sp³-hybridized carbons (Fsp3) is 0.286. The number of ether oxygens (including phenoxy) is 1. The van der Waals surface area contributed by atoms with Crippen LogP contribution in [0.4, 0.5) is 0 Å². The maximum atomic E-state index is 11.8. The fourth-order valence-corrected chi connectivity index (χ4v) is 2.78. The molecular formula is C21H22O6. The van der Waals surface area contributed by atoms with E-state index in [4.69, 9.17) is 13.6 Å². The molecule has 0 amide bonds. The van der Waals surface area contributed by atoms with Crippen LogP contribution in [0.2, 0.25) is 0 Å². The molecule has 0 aliphatic rings. The van der Waals surface area contributed by atoms with E-state index in [1.54, 1.807) is 6.07 Å². The van der Waals surface area contributed by atoms with Gasteiger partial charge in [-0.05, 0) is 45.8 Å². The molecule has 2 heterocycles. The van der Waals surface area contributed by atoms with E-state index in [0.717, 1.165) is 12.8 Å². The fourth-order valence-electron chi connectivity index (χ4n) is 2.78. The van der Waals surface area contributed by atoms with Crippen LogP contribution in [-0.4, -0.2) is 16.8 Å². The van der Waals surface area contributed by atoms with Gasteiger partial charge in [0, 0.05) is 6.07 Å². The molecule has 0 spiro atoms. The number of hydrogen-bond donors (Lipinski definition) is 2. The predicted molar refractivity (Wildman–Crippen MR) is 104 cm³/mol. The molecule has 0 aliphatic heterocycles. The molecule has 142 valence electrons. The summed E-state index contributed by atoms with van der Waals surface area (Å²) in [4.78, 5) is 11.8. The van der Waals surface area contributed by atoms with Gasteiger partial charge in [-0.3, -0.25) is 0 Å². The van der Waals surface area contributed by atoms with Gasteiger partial charge in [0.1, 0.15) is 23.5 Å². The highest BCUT2D eigenvalue weighted by atomic mass is 16.5. The molecule has 6 nitrogen and oxygen atoms in total. The minimum absolute atomic E-state index is 0.216. The molecule has 27 heavy (non-hydrogen) atoms. The second kappa shape index (κ2) is 7.61. The van der Waals surface area contributed by atoms with E-state index < -0.39 is 11.6 Å². The largest absolute Gasteiger partial charge is 0.501 e. The molecule has 6 heteroatoms. The lowest BCUT2D eigenvalue weighted by Gasteiger charge is -2.07. The van der Waals surface area contributed by atoms with E-state index in [1.165, 1.54) is 23.3 Å². The zero-order valence-corrected chi connectivity index (χ0v) is 15.5. The lowest BCUT2D eigenvalue weighted by Crippen LogP contribution is -2.02. The average molecular weight is 370 g/mol. The molecule has 3 aromatic rings. The van der Waals surface area contributed by atoms with Crippen molar-refractivity contribution in [2.45, 2.75) is 33.6 Å². The van der Waals surface area contributed by atoms with Crippen molar-refractivity contribution in [2.24, 2.45) is 0 Å². The summed E-state index contributed by atoms with van der Waals surface area (Å²) in [5.74, 6) is -0.601. The maximum Gasteiger partial charge on any atom is 0.339 e. The van der Waals surface area contributed by atoms with Gasteiger partial charge in [0.15, 0.2) is 0 Å². The number of fused-ring (bicyclic) bond motifs is 2. The van der Waals surface area contributed by atoms with Crippen LogP contribution in [0.5, 0.6) is 17.4 Å². The number of rotatable bonds is 6. The normalized spacial score (nSPS) is 11.9. The van der Waals surface area contributed by atoms with E-state index in [9.17, 15) is 15.0 Å². The lowest BCUT2D eigenvalue weighted by molar-refractivity contribution is 0.316. The second-order valence-corrected chi connectivity index (χ2v) is 6.71. The summed E-state index contributed by atoms with van der Waals surface area (Å²) >= 11 is 0. The molecule has 1 aromatic carbocycles. The Morgan fingerprint density at radius 2 is 1.78 bits per heavy atom. The molecule has 0 fully saturated rings. The van der Waals surface area contributed by atoms with E-state index in [0.29, 0.717) is 23.1 Å². The Kier molecular flexibility index (Phi) is 5.26. The third-order valence-corrected chi connectivity index (χ3v) is 4.23. The van der Waals surface area contributed by atoms with Gasteiger partial charge in [-0.15, -0.1) is 0 Å². The summed E-state index contributed by atoms with van der Waals surface area (Å²) in [6, 6.07) is 4.27. The molecular weight excluding hydrogens is 348 g/mol. The quantitative estimate of drug-likeness (QED) is 0.467. The number of benzene rings is 1. The minimum atomic E-state index is -0.583. The van der Waals surface area contributed by atoms with Gasteiger partial charge in [0.25, 0.3) is 0 Å². The lowest BCUT2D eigenvalue weighted by atomic mass is 10.1. The highest BCUT2D eigenvalue weighted by Gasteiger charge is 2.16. The molecule has 0 atom stereocenters. The maximum absolute atomic E-state index is 11.8. The Hall–Kier alpha value is -3.15. The van der Waals surface area contributed by atoms with E-state index in [2.05, 4.69) is 19.9 Å². The molecule has 2 aromatic heterocycles. The number of aromatic hydroxyl groups is 2. The van der Waals surface area contributed by atoms with Gasteiger partial charge >= 0.3 is 11.6 Å². The first kappa shape index (κ1) is 18.6. The van der Waals surface area contributed by atoms with E-state index >= 15 is 0 Å². The van der Waals surface area contributed by atoms with Crippen molar-refractivity contribution in [3.8, 4) is 17.4 Å². The minimum Gasteiger partial charge on any atom is -0.501 e. The molecule has 0 saturated carbocycles. The Morgan fingerprint density at radius 3 is 2.52 bits per heavy atom. The SMILES string of the molecule is CC(C)=CCCC(C)=CCOc1cc(=O)oc2cc3oc(O)c(O)c3cc12. The Labute approximate surface area is 156 Å². The van der Waals surface area contributed by atoms with Crippen LogP contribution in [0, 0.1) is 0 Å². The second-order valence-electron chi connectivity index (χ2n) is 6.71. The van der Waals surface area contributed by atoms with Crippen LogP contribution in [0.25, 0.3) is 21.9 Å². The van der Waals surface area contributed by atoms with Gasteiger partial charge in [0.2, 0.25) is 5.75 Å². The molecule has 0 aliphatic carbocycles. The first-order chi connectivity index (χ1) is 12.8. The summed E-state index contributed by atoms with van der Waals surface area (Å²) in [5.41, 5.74) is 2.40. The van der Waals surface area contributed by atoms with Crippen molar-refractivity contribution < 1.29 is 23.8 Å². The third-order valence-electron chi connectivity index (χ3n) is 4.23. The molecule has 2 N–H and O–H groups in total. The van der Waals surface area contributed by atoms with Crippen LogP contribution in [-0.2, 0) is 0 Å². The Morgan fingerprint density at radius 1 is 1.04 bits per heavy atom. The number of allylic oxidation sites excluding steroid dienone is 3. The Balaban J connectivity index is 1.86. The van der Waals surface area contributed by atoms with E-state index in [-0.39, 0.29) is 16.9 Å². The summed E-state index contributed by atoms with van der Waals surface area (Å²) < 4.78 is 16.0. The number of furan rings is 1. The molecule has 0 bridgehead atoms. The highest BCUT2D eigenvalue weighted by Crippen LogP contribution is 2.40. The van der Waals surface area contributed by atoms with Gasteiger partial charge in [-0.25, -0.2) is 4.79 Å². The smallest absolute Gasteiger partial charge is 0.339 e. The Bertz CT molecular complexity index is 1090. The van der Waals surface area contributed by atoms with Crippen molar-refractivity contribution in [3.63, 3.8) is 0 Å². The first-order valence-electron chi connectivity index (χ1n) is 8.69. The van der Waals surface area contributed by atoms with Crippen LogP contribution < -0.4 is 10.4 Å². The van der Waals surface area contributed by atoms with Crippen molar-refractivity contribution in [2.75, 3.05) is 6.61 Å².